The molecule has 1 heterocycles. The lowest BCUT2D eigenvalue weighted by molar-refractivity contribution is -0.143. The van der Waals surface area contributed by atoms with Gasteiger partial charge in [-0.2, -0.15) is 0 Å². The molecule has 33 heavy (non-hydrogen) atoms. The number of imide groups is 1. The maximum atomic E-state index is 13.3. The monoisotopic (exact) mass is 557 g/mol. The standard InChI is InChI=1S/C22H18BrClFNO6S/c1-3-31-17-7-12(6-15(23)20(17)32-11-19(27)30-2)8-18-21(28)26(22(29)33-18)10-13-4-5-14(25)9-16(13)24/h4-9H,3,10-11H2,1-2H3/b18-8-. The van der Waals surface area contributed by atoms with Crippen LogP contribution in [0.15, 0.2) is 39.7 Å². The van der Waals surface area contributed by atoms with Gasteiger partial charge in [-0.05, 0) is 76.1 Å². The Kier molecular flexibility index (Phi) is 8.39. The second-order valence-electron chi connectivity index (χ2n) is 6.63. The number of halogens is 3. The van der Waals surface area contributed by atoms with Crippen molar-refractivity contribution in [1.29, 1.82) is 0 Å². The molecule has 0 saturated carbocycles. The third kappa shape index (κ3) is 6.07. The van der Waals surface area contributed by atoms with Gasteiger partial charge in [0.05, 0.1) is 29.6 Å². The molecule has 1 aliphatic heterocycles. The van der Waals surface area contributed by atoms with Crippen molar-refractivity contribution >= 4 is 62.5 Å². The third-order valence-corrected chi connectivity index (χ3v) is 6.26. The van der Waals surface area contributed by atoms with Gasteiger partial charge in [0.25, 0.3) is 11.1 Å². The molecule has 7 nitrogen and oxygen atoms in total. The minimum atomic E-state index is -0.552. The van der Waals surface area contributed by atoms with Crippen molar-refractivity contribution in [3.8, 4) is 11.5 Å². The number of carbonyl (C=O) groups is 3. The van der Waals surface area contributed by atoms with E-state index in [1.807, 2.05) is 0 Å². The van der Waals surface area contributed by atoms with Gasteiger partial charge in [0.15, 0.2) is 18.1 Å². The first kappa shape index (κ1) is 25.1. The molecule has 0 radical (unpaired) electrons. The molecule has 2 amide bonds. The van der Waals surface area contributed by atoms with Crippen LogP contribution in [-0.2, 0) is 20.9 Å². The number of thioether (sulfide) groups is 1. The van der Waals surface area contributed by atoms with Crippen LogP contribution < -0.4 is 9.47 Å². The van der Waals surface area contributed by atoms with Crippen molar-refractivity contribution in [2.75, 3.05) is 20.3 Å². The molecule has 1 saturated heterocycles. The number of esters is 1. The van der Waals surface area contributed by atoms with E-state index in [0.29, 0.717) is 33.7 Å². The number of hydrogen-bond donors (Lipinski definition) is 0. The van der Waals surface area contributed by atoms with Crippen LogP contribution in [0.3, 0.4) is 0 Å². The summed E-state index contributed by atoms with van der Waals surface area (Å²) in [7, 11) is 1.25. The van der Waals surface area contributed by atoms with Gasteiger partial charge in [-0.3, -0.25) is 14.5 Å². The first-order valence-corrected chi connectivity index (χ1v) is 11.6. The van der Waals surface area contributed by atoms with Gasteiger partial charge in [-0.25, -0.2) is 9.18 Å². The lowest BCUT2D eigenvalue weighted by Gasteiger charge is -2.14. The van der Waals surface area contributed by atoms with E-state index in [4.69, 9.17) is 21.1 Å². The van der Waals surface area contributed by atoms with Gasteiger partial charge >= 0.3 is 5.97 Å². The van der Waals surface area contributed by atoms with E-state index in [1.165, 1.54) is 19.2 Å². The van der Waals surface area contributed by atoms with Crippen molar-refractivity contribution in [3.63, 3.8) is 0 Å². The molecule has 2 aromatic carbocycles. The largest absolute Gasteiger partial charge is 0.490 e. The summed E-state index contributed by atoms with van der Waals surface area (Å²) in [6.07, 6.45) is 1.55. The van der Waals surface area contributed by atoms with Gasteiger partial charge in [0.2, 0.25) is 0 Å². The first-order valence-electron chi connectivity index (χ1n) is 9.58. The Balaban J connectivity index is 1.85. The predicted molar refractivity (Wildman–Crippen MR) is 126 cm³/mol. The molecule has 0 atom stereocenters. The summed E-state index contributed by atoms with van der Waals surface area (Å²) in [5.41, 5.74) is 1.02. The number of hydrogen-bond acceptors (Lipinski definition) is 7. The Bertz CT molecular complexity index is 1140. The van der Waals surface area contributed by atoms with Crippen LogP contribution in [0.1, 0.15) is 18.1 Å². The Morgan fingerprint density at radius 3 is 2.67 bits per heavy atom. The number of benzene rings is 2. The van der Waals surface area contributed by atoms with Crippen LogP contribution >= 0.6 is 39.3 Å². The average molecular weight is 559 g/mol. The highest BCUT2D eigenvalue weighted by molar-refractivity contribution is 9.10. The van der Waals surface area contributed by atoms with E-state index >= 15 is 0 Å². The van der Waals surface area contributed by atoms with Crippen molar-refractivity contribution in [1.82, 2.24) is 4.90 Å². The topological polar surface area (TPSA) is 82.1 Å². The van der Waals surface area contributed by atoms with Gasteiger partial charge in [0, 0.05) is 5.02 Å². The molecule has 1 fully saturated rings. The van der Waals surface area contributed by atoms with Crippen molar-refractivity contribution in [2.24, 2.45) is 0 Å². The van der Waals surface area contributed by atoms with Crippen molar-refractivity contribution < 1.29 is 33.0 Å². The first-order chi connectivity index (χ1) is 15.7. The van der Waals surface area contributed by atoms with Crippen LogP contribution in [0.5, 0.6) is 11.5 Å². The minimum absolute atomic E-state index is 0.0741. The van der Waals surface area contributed by atoms with Crippen LogP contribution in [0.4, 0.5) is 9.18 Å². The predicted octanol–water partition coefficient (Wildman–Crippen LogP) is 5.43. The lowest BCUT2D eigenvalue weighted by Crippen LogP contribution is -2.27. The van der Waals surface area contributed by atoms with Gasteiger partial charge in [-0.1, -0.05) is 17.7 Å². The average Bonchev–Trinajstić information content (AvgIpc) is 3.02. The molecular weight excluding hydrogens is 541 g/mol. The van der Waals surface area contributed by atoms with E-state index in [2.05, 4.69) is 20.7 Å². The SMILES string of the molecule is CCOc1cc(/C=C2\SC(=O)N(Cc3ccc(F)cc3Cl)C2=O)cc(Br)c1OCC(=O)OC. The smallest absolute Gasteiger partial charge is 0.343 e. The number of amides is 2. The molecule has 11 heteroatoms. The number of ether oxygens (including phenoxy) is 3. The molecule has 0 unspecified atom stereocenters. The Morgan fingerprint density at radius 2 is 2.00 bits per heavy atom. The van der Waals surface area contributed by atoms with E-state index in [1.54, 1.807) is 25.1 Å². The molecule has 0 aromatic heterocycles. The molecule has 2 aromatic rings. The van der Waals surface area contributed by atoms with E-state index < -0.39 is 22.9 Å². The summed E-state index contributed by atoms with van der Waals surface area (Å²) in [6.45, 7) is 1.74. The summed E-state index contributed by atoms with van der Waals surface area (Å²) in [5.74, 6) is -0.904. The second kappa shape index (κ2) is 11.0. The summed E-state index contributed by atoms with van der Waals surface area (Å²) in [4.78, 5) is 38.0. The molecule has 1 aliphatic rings. The normalized spacial score (nSPS) is 14.7. The summed E-state index contributed by atoms with van der Waals surface area (Å²) in [5, 5.41) is -0.334. The Morgan fingerprint density at radius 1 is 1.24 bits per heavy atom. The quantitative estimate of drug-likeness (QED) is 0.316. The summed E-state index contributed by atoms with van der Waals surface area (Å²) in [6, 6.07) is 7.07. The highest BCUT2D eigenvalue weighted by atomic mass is 79.9. The van der Waals surface area contributed by atoms with Crippen LogP contribution in [0.2, 0.25) is 5.02 Å². The van der Waals surface area contributed by atoms with Crippen LogP contribution in [0.25, 0.3) is 6.08 Å². The second-order valence-corrected chi connectivity index (χ2v) is 8.89. The minimum Gasteiger partial charge on any atom is -0.490 e. The lowest BCUT2D eigenvalue weighted by atomic mass is 10.1. The maximum absolute atomic E-state index is 13.3. The fourth-order valence-corrected chi connectivity index (χ4v) is 4.51. The third-order valence-electron chi connectivity index (χ3n) is 4.41. The van der Waals surface area contributed by atoms with Gasteiger partial charge < -0.3 is 14.2 Å². The number of rotatable bonds is 8. The van der Waals surface area contributed by atoms with Gasteiger partial charge in [-0.15, -0.1) is 0 Å². The summed E-state index contributed by atoms with van der Waals surface area (Å²) >= 11 is 10.2. The zero-order valence-corrected chi connectivity index (χ0v) is 20.7. The molecule has 0 bridgehead atoms. The zero-order chi connectivity index (χ0) is 24.1. The van der Waals surface area contributed by atoms with Crippen LogP contribution in [0, 0.1) is 5.82 Å². The van der Waals surface area contributed by atoms with E-state index in [-0.39, 0.29) is 23.1 Å². The maximum Gasteiger partial charge on any atom is 0.343 e. The molecule has 3 rings (SSSR count). The molecule has 0 N–H and O–H groups in total. The van der Waals surface area contributed by atoms with E-state index in [0.717, 1.165) is 22.7 Å². The molecule has 0 aliphatic carbocycles. The van der Waals surface area contributed by atoms with Gasteiger partial charge in [0.1, 0.15) is 5.82 Å². The Hall–Kier alpha value is -2.56. The number of nitrogens with zero attached hydrogens (tertiary/aromatic N) is 1. The summed E-state index contributed by atoms with van der Waals surface area (Å²) < 4.78 is 29.5. The number of methoxy groups -OCH3 is 1. The molecule has 0 spiro atoms. The van der Waals surface area contributed by atoms with Crippen molar-refractivity contribution in [2.45, 2.75) is 13.5 Å². The zero-order valence-electron chi connectivity index (χ0n) is 17.5. The number of carbonyl (C=O) groups excluding carboxylic acids is 3. The van der Waals surface area contributed by atoms with Crippen molar-refractivity contribution in [3.05, 3.63) is 61.7 Å². The fourth-order valence-electron chi connectivity index (χ4n) is 2.87. The molecular formula is C22H18BrClFNO6S. The highest BCUT2D eigenvalue weighted by Gasteiger charge is 2.35. The van der Waals surface area contributed by atoms with E-state index in [9.17, 15) is 18.8 Å². The molecule has 174 valence electrons. The van der Waals surface area contributed by atoms with Crippen LogP contribution in [-0.4, -0.2) is 42.3 Å². The highest BCUT2D eigenvalue weighted by Crippen LogP contribution is 2.39. The fraction of sp³-hybridized carbons (Fsp3) is 0.227. The Labute approximate surface area is 206 Å².